The Labute approximate surface area is 111 Å². The van der Waals surface area contributed by atoms with Crippen LogP contribution in [0.15, 0.2) is 52.0 Å². The number of hydrogen-bond donors (Lipinski definition) is 2. The average Bonchev–Trinajstić information content (AvgIpc) is 2.75. The van der Waals surface area contributed by atoms with Gasteiger partial charge in [0.05, 0.1) is 12.1 Å². The van der Waals surface area contributed by atoms with E-state index < -0.39 is 0 Å². The molecule has 3 nitrogen and oxygen atoms in total. The highest BCUT2D eigenvalue weighted by molar-refractivity contribution is 7.99. The summed E-state index contributed by atoms with van der Waals surface area (Å²) in [6.45, 7) is 1.94. The molecule has 1 unspecified atom stereocenters. The number of rotatable bonds is 5. The molecule has 0 saturated carbocycles. The van der Waals surface area contributed by atoms with Gasteiger partial charge in [-0.1, -0.05) is 30.3 Å². The number of furan rings is 1. The van der Waals surface area contributed by atoms with Gasteiger partial charge in [0.2, 0.25) is 0 Å². The van der Waals surface area contributed by atoms with E-state index in [-0.39, 0.29) is 11.1 Å². The molecule has 2 aromatic rings. The molecule has 0 aliphatic heterocycles. The smallest absolute Gasteiger partial charge is 0.114 e. The van der Waals surface area contributed by atoms with E-state index in [1.807, 2.05) is 31.2 Å². The Hall–Kier alpha value is -1.68. The molecule has 0 spiro atoms. The third kappa shape index (κ3) is 3.17. The molecule has 2 rings (SSSR count). The fourth-order valence-corrected chi connectivity index (χ4v) is 2.95. The predicted molar refractivity (Wildman–Crippen MR) is 75.0 cm³/mol. The highest BCUT2D eigenvalue weighted by atomic mass is 32.2. The summed E-state index contributed by atoms with van der Waals surface area (Å²) in [5, 5.41) is 7.65. The Kier molecular flexibility index (Phi) is 4.10. The minimum atomic E-state index is 0.153. The van der Waals surface area contributed by atoms with Gasteiger partial charge in [-0.25, -0.2) is 0 Å². The molecule has 0 amide bonds. The molecule has 3 N–H and O–H groups in total. The summed E-state index contributed by atoms with van der Waals surface area (Å²) < 4.78 is 5.30. The number of nitrogens with two attached hydrogens (primary N) is 1. The molecule has 0 aliphatic rings. The first-order valence-corrected chi connectivity index (χ1v) is 6.63. The first-order valence-electron chi connectivity index (χ1n) is 5.75. The van der Waals surface area contributed by atoms with Crippen molar-refractivity contribution >= 4 is 17.6 Å². The molecule has 1 aromatic carbocycles. The highest BCUT2D eigenvalue weighted by Crippen LogP contribution is 2.39. The second-order valence-electron chi connectivity index (χ2n) is 4.09. The standard InChI is InChI=1S/C14H16N2OS/c1-10-12(7-8-17-10)18-13(9-14(15)16)11-5-3-2-4-6-11/h2-8,13H,9H2,1H3,(H3,15,16). The van der Waals surface area contributed by atoms with Crippen LogP contribution in [-0.4, -0.2) is 5.84 Å². The molecule has 94 valence electrons. The van der Waals surface area contributed by atoms with E-state index in [0.717, 1.165) is 10.7 Å². The molecule has 1 atom stereocenters. The monoisotopic (exact) mass is 260 g/mol. The van der Waals surface area contributed by atoms with Crippen molar-refractivity contribution in [1.29, 1.82) is 5.41 Å². The van der Waals surface area contributed by atoms with Gasteiger partial charge in [0, 0.05) is 16.6 Å². The lowest BCUT2D eigenvalue weighted by atomic mass is 10.1. The van der Waals surface area contributed by atoms with Crippen molar-refractivity contribution < 1.29 is 4.42 Å². The maximum Gasteiger partial charge on any atom is 0.114 e. The zero-order valence-corrected chi connectivity index (χ0v) is 11.0. The average molecular weight is 260 g/mol. The third-order valence-electron chi connectivity index (χ3n) is 2.66. The number of thioether (sulfide) groups is 1. The summed E-state index contributed by atoms with van der Waals surface area (Å²) in [6, 6.07) is 12.1. The van der Waals surface area contributed by atoms with E-state index in [2.05, 4.69) is 12.1 Å². The van der Waals surface area contributed by atoms with Crippen molar-refractivity contribution in [2.24, 2.45) is 5.73 Å². The Morgan fingerprint density at radius 2 is 2.06 bits per heavy atom. The Morgan fingerprint density at radius 3 is 2.61 bits per heavy atom. The molecule has 0 aliphatic carbocycles. The summed E-state index contributed by atoms with van der Waals surface area (Å²) >= 11 is 1.69. The second kappa shape index (κ2) is 5.78. The van der Waals surface area contributed by atoms with Crippen LogP contribution in [0.1, 0.15) is 23.0 Å². The summed E-state index contributed by atoms with van der Waals surface area (Å²) in [6.07, 6.45) is 2.23. The van der Waals surface area contributed by atoms with Crippen LogP contribution in [-0.2, 0) is 0 Å². The number of amidine groups is 1. The lowest BCUT2D eigenvalue weighted by molar-refractivity contribution is 0.526. The first-order chi connectivity index (χ1) is 8.66. The molecular formula is C14H16N2OS. The molecule has 1 heterocycles. The SMILES string of the molecule is Cc1occc1SC(CC(=N)N)c1ccccc1. The van der Waals surface area contributed by atoms with Gasteiger partial charge in [-0.2, -0.15) is 0 Å². The van der Waals surface area contributed by atoms with Crippen LogP contribution in [0.3, 0.4) is 0 Å². The van der Waals surface area contributed by atoms with Gasteiger partial charge < -0.3 is 10.2 Å². The van der Waals surface area contributed by atoms with Gasteiger partial charge >= 0.3 is 0 Å². The van der Waals surface area contributed by atoms with Crippen LogP contribution in [0.25, 0.3) is 0 Å². The third-order valence-corrected chi connectivity index (χ3v) is 4.06. The zero-order chi connectivity index (χ0) is 13.0. The highest BCUT2D eigenvalue weighted by Gasteiger charge is 2.16. The van der Waals surface area contributed by atoms with Crippen molar-refractivity contribution in [1.82, 2.24) is 0 Å². The van der Waals surface area contributed by atoms with Crippen LogP contribution in [0.5, 0.6) is 0 Å². The summed E-state index contributed by atoms with van der Waals surface area (Å²) in [7, 11) is 0. The van der Waals surface area contributed by atoms with Crippen molar-refractivity contribution in [3.8, 4) is 0 Å². The molecular weight excluding hydrogens is 244 g/mol. The van der Waals surface area contributed by atoms with Crippen LogP contribution >= 0.6 is 11.8 Å². The quantitative estimate of drug-likeness (QED) is 0.489. The largest absolute Gasteiger partial charge is 0.468 e. The summed E-state index contributed by atoms with van der Waals surface area (Å²) in [4.78, 5) is 1.10. The fourth-order valence-electron chi connectivity index (χ4n) is 1.74. The van der Waals surface area contributed by atoms with E-state index in [0.29, 0.717) is 6.42 Å². The number of benzene rings is 1. The van der Waals surface area contributed by atoms with E-state index in [9.17, 15) is 0 Å². The molecule has 0 bridgehead atoms. The molecule has 4 heteroatoms. The van der Waals surface area contributed by atoms with E-state index in [4.69, 9.17) is 15.6 Å². The summed E-state index contributed by atoms with van der Waals surface area (Å²) in [5.74, 6) is 1.11. The normalized spacial score (nSPS) is 12.3. The Morgan fingerprint density at radius 1 is 1.33 bits per heavy atom. The number of hydrogen-bond acceptors (Lipinski definition) is 3. The van der Waals surface area contributed by atoms with Crippen LogP contribution in [0.2, 0.25) is 0 Å². The van der Waals surface area contributed by atoms with Gasteiger partial charge in [-0.3, -0.25) is 5.41 Å². The van der Waals surface area contributed by atoms with Crippen LogP contribution in [0.4, 0.5) is 0 Å². The van der Waals surface area contributed by atoms with Gasteiger partial charge in [0.25, 0.3) is 0 Å². The Bertz CT molecular complexity index is 522. The van der Waals surface area contributed by atoms with Crippen molar-refractivity contribution in [2.45, 2.75) is 23.5 Å². The van der Waals surface area contributed by atoms with Crippen molar-refractivity contribution in [3.05, 3.63) is 54.0 Å². The lowest BCUT2D eigenvalue weighted by Crippen LogP contribution is -2.13. The van der Waals surface area contributed by atoms with Crippen molar-refractivity contribution in [3.63, 3.8) is 0 Å². The Balaban J connectivity index is 2.21. The molecule has 1 aromatic heterocycles. The maximum absolute atomic E-state index is 7.50. The molecule has 0 saturated heterocycles. The second-order valence-corrected chi connectivity index (χ2v) is 5.33. The summed E-state index contributed by atoms with van der Waals surface area (Å²) in [5.41, 5.74) is 6.72. The first kappa shape index (κ1) is 12.8. The minimum absolute atomic E-state index is 0.153. The molecule has 0 radical (unpaired) electrons. The topological polar surface area (TPSA) is 63.0 Å². The van der Waals surface area contributed by atoms with E-state index in [1.54, 1.807) is 18.0 Å². The minimum Gasteiger partial charge on any atom is -0.468 e. The number of aryl methyl sites for hydroxylation is 1. The van der Waals surface area contributed by atoms with E-state index in [1.165, 1.54) is 5.56 Å². The maximum atomic E-state index is 7.50. The van der Waals surface area contributed by atoms with E-state index >= 15 is 0 Å². The zero-order valence-electron chi connectivity index (χ0n) is 10.2. The van der Waals surface area contributed by atoms with Gasteiger partial charge in [0.1, 0.15) is 5.76 Å². The number of nitrogens with one attached hydrogen (secondary N) is 1. The van der Waals surface area contributed by atoms with Crippen molar-refractivity contribution in [2.75, 3.05) is 0 Å². The van der Waals surface area contributed by atoms with Gasteiger partial charge in [-0.05, 0) is 18.6 Å². The fraction of sp³-hybridized carbons (Fsp3) is 0.214. The van der Waals surface area contributed by atoms with Gasteiger partial charge in [0.15, 0.2) is 0 Å². The van der Waals surface area contributed by atoms with Crippen LogP contribution in [0, 0.1) is 12.3 Å². The molecule has 18 heavy (non-hydrogen) atoms. The predicted octanol–water partition coefficient (Wildman–Crippen LogP) is 3.75. The lowest BCUT2D eigenvalue weighted by Gasteiger charge is -2.15. The van der Waals surface area contributed by atoms with Crippen LogP contribution < -0.4 is 5.73 Å². The molecule has 0 fully saturated rings. The van der Waals surface area contributed by atoms with Gasteiger partial charge in [-0.15, -0.1) is 11.8 Å².